The summed E-state index contributed by atoms with van der Waals surface area (Å²) in [5, 5.41) is 8.09. The highest BCUT2D eigenvalue weighted by molar-refractivity contribution is 5.97. The number of hydrogen-bond donors (Lipinski definition) is 0. The predicted molar refractivity (Wildman–Crippen MR) is 101 cm³/mol. The molecule has 0 aliphatic carbocycles. The van der Waals surface area contributed by atoms with Crippen LogP contribution in [0.4, 0.5) is 4.79 Å². The summed E-state index contributed by atoms with van der Waals surface area (Å²) in [5.74, 6) is -0.147. The molecule has 5 rings (SSSR count). The number of carbonyl (C=O) groups is 2. The number of nitrogens with zero attached hydrogens (tertiary/aromatic N) is 5. The first-order valence-electron chi connectivity index (χ1n) is 9.33. The molecule has 7 heteroatoms. The van der Waals surface area contributed by atoms with E-state index in [4.69, 9.17) is 0 Å². The van der Waals surface area contributed by atoms with E-state index in [1.165, 1.54) is 10.5 Å². The third-order valence-electron chi connectivity index (χ3n) is 5.48. The molecule has 2 aliphatic heterocycles. The summed E-state index contributed by atoms with van der Waals surface area (Å²) in [6, 6.07) is 17.4. The van der Waals surface area contributed by atoms with Gasteiger partial charge in [-0.2, -0.15) is 0 Å². The number of imide groups is 1. The summed E-state index contributed by atoms with van der Waals surface area (Å²) in [6.07, 6.45) is 2.67. The van der Waals surface area contributed by atoms with Gasteiger partial charge in [0.05, 0.1) is 24.1 Å². The largest absolute Gasteiger partial charge is 0.327 e. The fourth-order valence-electron chi connectivity index (χ4n) is 4.04. The molecule has 1 saturated heterocycles. The first kappa shape index (κ1) is 16.7. The Balaban J connectivity index is 1.41. The second kappa shape index (κ2) is 6.60. The lowest BCUT2D eigenvalue weighted by molar-refractivity contribution is -0.133. The lowest BCUT2D eigenvalue weighted by Gasteiger charge is -2.43. The van der Waals surface area contributed by atoms with Crippen LogP contribution in [0.25, 0.3) is 5.69 Å². The van der Waals surface area contributed by atoms with Gasteiger partial charge in [0.25, 0.3) is 0 Å². The molecule has 28 heavy (non-hydrogen) atoms. The lowest BCUT2D eigenvalue weighted by Crippen LogP contribution is -2.58. The number of benzene rings is 2. The van der Waals surface area contributed by atoms with Crippen molar-refractivity contribution in [1.29, 1.82) is 0 Å². The van der Waals surface area contributed by atoms with Crippen LogP contribution in [0.5, 0.6) is 0 Å². The highest BCUT2D eigenvalue weighted by Crippen LogP contribution is 2.30. The third-order valence-corrected chi connectivity index (χ3v) is 5.48. The molecule has 3 heterocycles. The minimum atomic E-state index is -0.239. The Labute approximate surface area is 162 Å². The Hall–Kier alpha value is -3.48. The molecule has 140 valence electrons. The Morgan fingerprint density at radius 2 is 1.68 bits per heavy atom. The molecule has 0 N–H and O–H groups in total. The first-order valence-corrected chi connectivity index (χ1v) is 9.33. The van der Waals surface area contributed by atoms with Crippen molar-refractivity contribution >= 4 is 11.9 Å². The number of urea groups is 1. The Bertz CT molecular complexity index is 1050. The summed E-state index contributed by atoms with van der Waals surface area (Å²) < 4.78 is 1.66. The zero-order valence-electron chi connectivity index (χ0n) is 15.2. The van der Waals surface area contributed by atoms with Crippen molar-refractivity contribution in [3.05, 3.63) is 77.6 Å². The van der Waals surface area contributed by atoms with Gasteiger partial charge in [-0.25, -0.2) is 9.48 Å². The minimum Gasteiger partial charge on any atom is -0.316 e. The van der Waals surface area contributed by atoms with E-state index < -0.39 is 0 Å². The molecule has 1 atom stereocenters. The van der Waals surface area contributed by atoms with Crippen molar-refractivity contribution in [2.45, 2.75) is 32.0 Å². The molecule has 0 radical (unpaired) electrons. The quantitative estimate of drug-likeness (QED) is 0.707. The molecule has 0 bridgehead atoms. The SMILES string of the molecule is O=C1C[C@@H]2Cc3ccccc3CN2C(=O)N1Cc1cnnn1-c1ccccc1. The fraction of sp³-hybridized carbons (Fsp3) is 0.238. The van der Waals surface area contributed by atoms with Gasteiger partial charge < -0.3 is 4.90 Å². The molecule has 3 aromatic rings. The van der Waals surface area contributed by atoms with Gasteiger partial charge in [0.15, 0.2) is 0 Å². The second-order valence-corrected chi connectivity index (χ2v) is 7.19. The maximum atomic E-state index is 13.1. The summed E-state index contributed by atoms with van der Waals surface area (Å²) in [7, 11) is 0. The smallest absolute Gasteiger partial charge is 0.316 e. The van der Waals surface area contributed by atoms with Gasteiger partial charge in [-0.1, -0.05) is 47.7 Å². The zero-order chi connectivity index (χ0) is 19.1. The average molecular weight is 373 g/mol. The molecular weight excluding hydrogens is 354 g/mol. The van der Waals surface area contributed by atoms with E-state index in [1.54, 1.807) is 10.9 Å². The highest BCUT2D eigenvalue weighted by atomic mass is 16.2. The van der Waals surface area contributed by atoms with Gasteiger partial charge in [-0.3, -0.25) is 9.69 Å². The number of rotatable bonds is 3. The van der Waals surface area contributed by atoms with Gasteiger partial charge in [-0.15, -0.1) is 5.10 Å². The Morgan fingerprint density at radius 1 is 0.929 bits per heavy atom. The highest BCUT2D eigenvalue weighted by Gasteiger charge is 2.41. The van der Waals surface area contributed by atoms with Crippen LogP contribution in [-0.4, -0.2) is 42.8 Å². The van der Waals surface area contributed by atoms with E-state index in [1.807, 2.05) is 53.4 Å². The normalized spacial score (nSPS) is 18.8. The van der Waals surface area contributed by atoms with Gasteiger partial charge in [0, 0.05) is 19.0 Å². The van der Waals surface area contributed by atoms with Crippen molar-refractivity contribution < 1.29 is 9.59 Å². The number of aromatic nitrogens is 3. The van der Waals surface area contributed by atoms with E-state index in [0.717, 1.165) is 17.7 Å². The summed E-state index contributed by atoms with van der Waals surface area (Å²) >= 11 is 0. The summed E-state index contributed by atoms with van der Waals surface area (Å²) in [5.41, 5.74) is 3.92. The maximum absolute atomic E-state index is 13.1. The van der Waals surface area contributed by atoms with Crippen molar-refractivity contribution in [2.75, 3.05) is 0 Å². The zero-order valence-corrected chi connectivity index (χ0v) is 15.2. The van der Waals surface area contributed by atoms with Crippen LogP contribution in [0, 0.1) is 0 Å². The van der Waals surface area contributed by atoms with Crippen molar-refractivity contribution in [3.63, 3.8) is 0 Å². The molecule has 0 spiro atoms. The number of para-hydroxylation sites is 1. The van der Waals surface area contributed by atoms with E-state index in [-0.39, 0.29) is 24.5 Å². The van der Waals surface area contributed by atoms with E-state index >= 15 is 0 Å². The summed E-state index contributed by atoms with van der Waals surface area (Å²) in [4.78, 5) is 29.1. The van der Waals surface area contributed by atoms with Crippen molar-refractivity contribution in [2.24, 2.45) is 0 Å². The van der Waals surface area contributed by atoms with E-state index in [2.05, 4.69) is 16.4 Å². The third kappa shape index (κ3) is 2.76. The fourth-order valence-corrected chi connectivity index (χ4v) is 4.04. The monoisotopic (exact) mass is 373 g/mol. The number of fused-ring (bicyclic) bond motifs is 2. The number of hydrogen-bond acceptors (Lipinski definition) is 4. The lowest BCUT2D eigenvalue weighted by atomic mass is 9.91. The molecule has 3 amide bonds. The summed E-state index contributed by atoms with van der Waals surface area (Å²) in [6.45, 7) is 0.698. The van der Waals surface area contributed by atoms with Crippen LogP contribution in [0.15, 0.2) is 60.8 Å². The van der Waals surface area contributed by atoms with E-state index in [9.17, 15) is 9.59 Å². The number of amides is 3. The van der Waals surface area contributed by atoms with Gasteiger partial charge in [0.1, 0.15) is 0 Å². The Morgan fingerprint density at radius 3 is 2.50 bits per heavy atom. The molecule has 1 fully saturated rings. The number of carbonyl (C=O) groups excluding carboxylic acids is 2. The van der Waals surface area contributed by atoms with Gasteiger partial charge in [0.2, 0.25) is 5.91 Å². The topological polar surface area (TPSA) is 71.3 Å². The van der Waals surface area contributed by atoms with Crippen LogP contribution in [0.1, 0.15) is 23.2 Å². The second-order valence-electron chi connectivity index (χ2n) is 7.19. The van der Waals surface area contributed by atoms with Crippen LogP contribution >= 0.6 is 0 Å². The van der Waals surface area contributed by atoms with Crippen LogP contribution in [-0.2, 0) is 24.3 Å². The first-order chi connectivity index (χ1) is 13.7. The molecular formula is C21H19N5O2. The van der Waals surface area contributed by atoms with Crippen LogP contribution in [0.2, 0.25) is 0 Å². The molecule has 7 nitrogen and oxygen atoms in total. The van der Waals surface area contributed by atoms with E-state index in [0.29, 0.717) is 18.7 Å². The van der Waals surface area contributed by atoms with Crippen molar-refractivity contribution in [1.82, 2.24) is 24.8 Å². The maximum Gasteiger partial charge on any atom is 0.327 e. The standard InChI is InChI=1S/C21H19N5O2/c27-20-11-18-10-15-6-4-5-7-16(15)13-24(18)21(28)25(20)14-19-12-22-23-26(19)17-8-2-1-3-9-17/h1-9,12,18H,10-11,13-14H2/t18-/m0/s1. The van der Waals surface area contributed by atoms with Crippen molar-refractivity contribution in [3.8, 4) is 5.69 Å². The molecule has 2 aliphatic rings. The Kier molecular flexibility index (Phi) is 3.93. The minimum absolute atomic E-state index is 0.0664. The van der Waals surface area contributed by atoms with Crippen LogP contribution < -0.4 is 0 Å². The molecule has 2 aromatic carbocycles. The average Bonchev–Trinajstić information content (AvgIpc) is 3.19. The van der Waals surface area contributed by atoms with Gasteiger partial charge in [-0.05, 0) is 29.7 Å². The molecule has 1 aromatic heterocycles. The van der Waals surface area contributed by atoms with Gasteiger partial charge >= 0.3 is 6.03 Å². The molecule has 0 unspecified atom stereocenters. The van der Waals surface area contributed by atoms with Crippen LogP contribution in [0.3, 0.4) is 0 Å². The predicted octanol–water partition coefficient (Wildman–Crippen LogP) is 2.55. The molecule has 0 saturated carbocycles.